The number of likely N-dealkylation sites (tertiary alicyclic amines) is 1. The number of pyridine rings is 1. The number of rotatable bonds is 8. The fourth-order valence-corrected chi connectivity index (χ4v) is 3.56. The number of nitrogens with one attached hydrogen (secondary N) is 3. The van der Waals surface area contributed by atoms with Gasteiger partial charge in [0.2, 0.25) is 0 Å². The number of halogens is 1. The molecule has 8 heteroatoms. The number of hydrogen-bond donors (Lipinski definition) is 3. The average molecular weight is 522 g/mol. The summed E-state index contributed by atoms with van der Waals surface area (Å²) in [6, 6.07) is 14.4. The van der Waals surface area contributed by atoms with Gasteiger partial charge in [-0.25, -0.2) is 0 Å². The lowest BCUT2D eigenvalue weighted by Crippen LogP contribution is -2.44. The van der Waals surface area contributed by atoms with E-state index in [-0.39, 0.29) is 29.9 Å². The Labute approximate surface area is 195 Å². The molecule has 1 saturated heterocycles. The molecule has 162 valence electrons. The highest BCUT2D eigenvalue weighted by Crippen LogP contribution is 2.24. The summed E-state index contributed by atoms with van der Waals surface area (Å²) in [5, 5.41) is 9.58. The van der Waals surface area contributed by atoms with Crippen molar-refractivity contribution in [2.24, 2.45) is 4.99 Å². The third kappa shape index (κ3) is 7.24. The topological polar surface area (TPSA) is 81.6 Å². The Morgan fingerprint density at radius 1 is 1.07 bits per heavy atom. The van der Waals surface area contributed by atoms with E-state index in [9.17, 15) is 4.79 Å². The molecule has 1 aromatic heterocycles. The predicted octanol–water partition coefficient (Wildman–Crippen LogP) is 2.43. The molecule has 0 spiro atoms. The Kier molecular flexibility index (Phi) is 10.6. The lowest BCUT2D eigenvalue weighted by atomic mass is 10.1. The molecule has 0 bridgehead atoms. The predicted molar refractivity (Wildman–Crippen MR) is 131 cm³/mol. The summed E-state index contributed by atoms with van der Waals surface area (Å²) in [6.07, 6.45) is 5.73. The summed E-state index contributed by atoms with van der Waals surface area (Å²) < 4.78 is 0. The van der Waals surface area contributed by atoms with Crippen molar-refractivity contribution >= 4 is 35.8 Å². The van der Waals surface area contributed by atoms with Crippen molar-refractivity contribution in [2.45, 2.75) is 18.9 Å². The zero-order valence-electron chi connectivity index (χ0n) is 17.4. The number of hydrogen-bond acceptors (Lipinski definition) is 4. The first-order chi connectivity index (χ1) is 14.3. The molecule has 0 aliphatic carbocycles. The maximum Gasteiger partial charge on any atom is 0.252 e. The molecule has 3 N–H and O–H groups in total. The first-order valence-corrected chi connectivity index (χ1v) is 10.2. The van der Waals surface area contributed by atoms with Gasteiger partial charge in [-0.3, -0.25) is 19.7 Å². The fourth-order valence-electron chi connectivity index (χ4n) is 3.56. The largest absolute Gasteiger partial charge is 0.355 e. The van der Waals surface area contributed by atoms with Crippen LogP contribution in [0.2, 0.25) is 0 Å². The van der Waals surface area contributed by atoms with Crippen molar-refractivity contribution < 1.29 is 4.79 Å². The van der Waals surface area contributed by atoms with E-state index in [0.717, 1.165) is 25.6 Å². The van der Waals surface area contributed by atoms with Crippen LogP contribution < -0.4 is 16.0 Å². The van der Waals surface area contributed by atoms with Gasteiger partial charge in [-0.15, -0.1) is 24.0 Å². The number of carbonyl (C=O) groups is 1. The van der Waals surface area contributed by atoms with Gasteiger partial charge in [0.1, 0.15) is 0 Å². The van der Waals surface area contributed by atoms with Crippen LogP contribution in [0.1, 0.15) is 34.8 Å². The van der Waals surface area contributed by atoms with Crippen molar-refractivity contribution in [1.82, 2.24) is 25.8 Å². The molecule has 1 atom stereocenters. The van der Waals surface area contributed by atoms with E-state index in [1.807, 2.05) is 0 Å². The molecule has 2 heterocycles. The molecule has 1 aromatic carbocycles. The van der Waals surface area contributed by atoms with Crippen LogP contribution in [0, 0.1) is 0 Å². The van der Waals surface area contributed by atoms with Gasteiger partial charge in [-0.2, -0.15) is 0 Å². The van der Waals surface area contributed by atoms with E-state index in [1.165, 1.54) is 18.4 Å². The van der Waals surface area contributed by atoms with Crippen LogP contribution in [0.25, 0.3) is 0 Å². The number of benzene rings is 1. The monoisotopic (exact) mass is 522 g/mol. The molecule has 3 rings (SSSR count). The van der Waals surface area contributed by atoms with E-state index in [0.29, 0.717) is 24.7 Å². The van der Waals surface area contributed by atoms with Gasteiger partial charge < -0.3 is 16.0 Å². The Morgan fingerprint density at radius 2 is 1.80 bits per heavy atom. The van der Waals surface area contributed by atoms with E-state index in [4.69, 9.17) is 0 Å². The molecule has 1 amide bonds. The average Bonchev–Trinajstić information content (AvgIpc) is 3.31. The number of carbonyl (C=O) groups excluding carboxylic acids is 1. The van der Waals surface area contributed by atoms with Crippen LogP contribution in [0.5, 0.6) is 0 Å². The first-order valence-electron chi connectivity index (χ1n) is 10.2. The van der Waals surface area contributed by atoms with Crippen molar-refractivity contribution in [3.8, 4) is 0 Å². The van der Waals surface area contributed by atoms with Crippen molar-refractivity contribution in [3.05, 3.63) is 66.0 Å². The third-order valence-electron chi connectivity index (χ3n) is 5.08. The van der Waals surface area contributed by atoms with E-state index in [2.05, 4.69) is 61.2 Å². The minimum absolute atomic E-state index is 0. The van der Waals surface area contributed by atoms with E-state index in [1.54, 1.807) is 31.6 Å². The molecule has 7 nitrogen and oxygen atoms in total. The summed E-state index contributed by atoms with van der Waals surface area (Å²) in [5.41, 5.74) is 1.88. The Bertz CT molecular complexity index is 781. The number of amides is 1. The second-order valence-electron chi connectivity index (χ2n) is 7.05. The van der Waals surface area contributed by atoms with Crippen LogP contribution in [-0.4, -0.2) is 61.5 Å². The molecular formula is C22H31IN6O. The van der Waals surface area contributed by atoms with Gasteiger partial charge in [-0.1, -0.05) is 30.3 Å². The number of nitrogens with zero attached hydrogens (tertiary/aromatic N) is 3. The number of aliphatic imine (C=N–C) groups is 1. The molecule has 1 aliphatic heterocycles. The number of aromatic nitrogens is 1. The maximum atomic E-state index is 12.0. The van der Waals surface area contributed by atoms with Gasteiger partial charge in [0.25, 0.3) is 5.91 Å². The van der Waals surface area contributed by atoms with Gasteiger partial charge in [0.15, 0.2) is 5.96 Å². The van der Waals surface area contributed by atoms with E-state index < -0.39 is 0 Å². The number of guanidine groups is 1. The van der Waals surface area contributed by atoms with Crippen molar-refractivity contribution in [2.75, 3.05) is 39.8 Å². The summed E-state index contributed by atoms with van der Waals surface area (Å²) in [5.74, 6) is 0.613. The minimum Gasteiger partial charge on any atom is -0.355 e. The summed E-state index contributed by atoms with van der Waals surface area (Å²) in [7, 11) is 1.76. The quantitative estimate of drug-likeness (QED) is 0.215. The van der Waals surface area contributed by atoms with Crippen LogP contribution in [0.4, 0.5) is 0 Å². The van der Waals surface area contributed by atoms with Gasteiger partial charge in [-0.05, 0) is 43.6 Å². The molecule has 0 saturated carbocycles. The smallest absolute Gasteiger partial charge is 0.252 e. The Morgan fingerprint density at radius 3 is 2.47 bits per heavy atom. The highest BCUT2D eigenvalue weighted by molar-refractivity contribution is 14.0. The summed E-state index contributed by atoms with van der Waals surface area (Å²) >= 11 is 0. The fraction of sp³-hybridized carbons (Fsp3) is 0.409. The van der Waals surface area contributed by atoms with Crippen LogP contribution in [-0.2, 0) is 0 Å². The van der Waals surface area contributed by atoms with Crippen molar-refractivity contribution in [1.29, 1.82) is 0 Å². The first kappa shape index (κ1) is 24.1. The Hall–Kier alpha value is -2.20. The molecule has 1 aliphatic rings. The third-order valence-corrected chi connectivity index (χ3v) is 5.08. The SMILES string of the molecule is CN=C(NCCNC(=O)c1cccnc1)NCC(c1ccccc1)N1CCCC1.I. The molecule has 1 fully saturated rings. The van der Waals surface area contributed by atoms with Crippen LogP contribution >= 0.6 is 24.0 Å². The second-order valence-corrected chi connectivity index (χ2v) is 7.05. The lowest BCUT2D eigenvalue weighted by Gasteiger charge is -2.29. The highest BCUT2D eigenvalue weighted by atomic mass is 127. The lowest BCUT2D eigenvalue weighted by molar-refractivity contribution is 0.0954. The molecular weight excluding hydrogens is 491 g/mol. The second kappa shape index (κ2) is 13.2. The van der Waals surface area contributed by atoms with Crippen molar-refractivity contribution in [3.63, 3.8) is 0 Å². The molecule has 2 aromatic rings. The minimum atomic E-state index is -0.124. The van der Waals surface area contributed by atoms with Crippen LogP contribution in [0.15, 0.2) is 59.9 Å². The summed E-state index contributed by atoms with van der Waals surface area (Å²) in [4.78, 5) is 22.9. The standard InChI is InChI=1S/C22H30N6O.HI/c1-23-22(26-13-12-25-21(29)19-10-7-11-24-16-19)27-17-20(28-14-5-6-15-28)18-8-3-2-4-9-18;/h2-4,7-11,16,20H,5-6,12-15,17H2,1H3,(H,25,29)(H2,23,26,27);1H. The maximum absolute atomic E-state index is 12.0. The molecule has 1 unspecified atom stereocenters. The molecule has 0 radical (unpaired) electrons. The highest BCUT2D eigenvalue weighted by Gasteiger charge is 2.23. The zero-order valence-corrected chi connectivity index (χ0v) is 19.7. The van der Waals surface area contributed by atoms with Gasteiger partial charge >= 0.3 is 0 Å². The summed E-state index contributed by atoms with van der Waals surface area (Å²) in [6.45, 7) is 4.14. The van der Waals surface area contributed by atoms with Crippen LogP contribution in [0.3, 0.4) is 0 Å². The normalized spacial score (nSPS) is 15.2. The van der Waals surface area contributed by atoms with E-state index >= 15 is 0 Å². The Balaban J connectivity index is 0.00000320. The zero-order chi connectivity index (χ0) is 20.3. The molecule has 30 heavy (non-hydrogen) atoms. The van der Waals surface area contributed by atoms with Gasteiger partial charge in [0, 0.05) is 39.1 Å². The van der Waals surface area contributed by atoms with Gasteiger partial charge in [0.05, 0.1) is 11.6 Å².